The van der Waals surface area contributed by atoms with Crippen molar-refractivity contribution in [2.24, 2.45) is 0 Å². The van der Waals surface area contributed by atoms with Crippen molar-refractivity contribution in [1.29, 1.82) is 0 Å². The van der Waals surface area contributed by atoms with Crippen LogP contribution in [-0.4, -0.2) is 18.8 Å². The van der Waals surface area contributed by atoms with Crippen LogP contribution in [-0.2, 0) is 22.0 Å². The third-order valence-corrected chi connectivity index (χ3v) is 7.15. The summed E-state index contributed by atoms with van der Waals surface area (Å²) in [6.45, 7) is 7.00. The minimum Gasteiger partial charge on any atom is -0.207 e. The molecule has 0 aliphatic heterocycles. The molecule has 0 amide bonds. The van der Waals surface area contributed by atoms with E-state index in [0.717, 1.165) is 31.2 Å². The molecule has 0 aromatic heterocycles. The minimum absolute atomic E-state index is 0.0970. The normalized spacial score (nSPS) is 16.3. The Bertz CT molecular complexity index is 815. The van der Waals surface area contributed by atoms with Crippen molar-refractivity contribution in [1.82, 2.24) is 4.31 Å². The van der Waals surface area contributed by atoms with Gasteiger partial charge in [-0.05, 0) is 41.5 Å². The summed E-state index contributed by atoms with van der Waals surface area (Å²) < 4.78 is 28.3. The van der Waals surface area contributed by atoms with E-state index in [-0.39, 0.29) is 11.5 Å². The topological polar surface area (TPSA) is 37.4 Å². The summed E-state index contributed by atoms with van der Waals surface area (Å²) in [4.78, 5) is 0.387. The molecule has 0 N–H and O–H groups in total. The zero-order valence-corrected chi connectivity index (χ0v) is 16.8. The molecule has 2 aromatic carbocycles. The number of hydrogen-bond acceptors (Lipinski definition) is 2. The van der Waals surface area contributed by atoms with Gasteiger partial charge in [0.2, 0.25) is 10.0 Å². The molecule has 0 saturated heterocycles. The summed E-state index contributed by atoms with van der Waals surface area (Å²) in [6, 6.07) is 17.3. The fraction of sp³-hybridized carbons (Fsp3) is 0.455. The maximum absolute atomic E-state index is 13.3. The second kappa shape index (κ2) is 7.53. The number of sulfonamides is 1. The first kappa shape index (κ1) is 19.1. The second-order valence-electron chi connectivity index (χ2n) is 8.25. The van der Waals surface area contributed by atoms with Gasteiger partial charge in [-0.2, -0.15) is 4.31 Å². The number of rotatable bonds is 5. The monoisotopic (exact) mass is 371 g/mol. The summed E-state index contributed by atoms with van der Waals surface area (Å²) in [7, 11) is -3.49. The van der Waals surface area contributed by atoms with Gasteiger partial charge in [0.05, 0.1) is 4.90 Å². The zero-order valence-electron chi connectivity index (χ0n) is 16.0. The molecule has 0 heterocycles. The molecule has 0 unspecified atom stereocenters. The molecule has 0 radical (unpaired) electrons. The molecule has 1 saturated carbocycles. The average Bonchev–Trinajstić information content (AvgIpc) is 3.14. The van der Waals surface area contributed by atoms with Gasteiger partial charge in [0.1, 0.15) is 0 Å². The van der Waals surface area contributed by atoms with Crippen LogP contribution >= 0.6 is 0 Å². The third kappa shape index (κ3) is 4.18. The van der Waals surface area contributed by atoms with Gasteiger partial charge >= 0.3 is 0 Å². The lowest BCUT2D eigenvalue weighted by molar-refractivity contribution is 0.316. The molecule has 26 heavy (non-hydrogen) atoms. The van der Waals surface area contributed by atoms with Gasteiger partial charge in [0.15, 0.2) is 0 Å². The van der Waals surface area contributed by atoms with E-state index in [1.54, 1.807) is 28.6 Å². The quantitative estimate of drug-likeness (QED) is 0.732. The fourth-order valence-electron chi connectivity index (χ4n) is 3.62. The molecule has 2 aromatic rings. The second-order valence-corrected chi connectivity index (χ2v) is 10.1. The Kier molecular flexibility index (Phi) is 5.54. The Morgan fingerprint density at radius 1 is 0.923 bits per heavy atom. The molecule has 1 fully saturated rings. The van der Waals surface area contributed by atoms with E-state index in [0.29, 0.717) is 11.4 Å². The molecule has 140 valence electrons. The van der Waals surface area contributed by atoms with E-state index >= 15 is 0 Å². The van der Waals surface area contributed by atoms with Crippen LogP contribution in [0.2, 0.25) is 0 Å². The highest BCUT2D eigenvalue weighted by atomic mass is 32.2. The predicted molar refractivity (Wildman–Crippen MR) is 107 cm³/mol. The van der Waals surface area contributed by atoms with Gasteiger partial charge in [-0.25, -0.2) is 8.42 Å². The van der Waals surface area contributed by atoms with E-state index in [2.05, 4.69) is 45.0 Å². The van der Waals surface area contributed by atoms with Crippen molar-refractivity contribution in [3.63, 3.8) is 0 Å². The average molecular weight is 372 g/mol. The molecule has 0 spiro atoms. The Labute approximate surface area is 158 Å². The fourth-order valence-corrected chi connectivity index (χ4v) is 5.31. The molecular formula is C22H29NO2S. The van der Waals surface area contributed by atoms with Crippen molar-refractivity contribution in [2.45, 2.75) is 69.4 Å². The van der Waals surface area contributed by atoms with Gasteiger partial charge < -0.3 is 0 Å². The molecule has 0 bridgehead atoms. The molecule has 0 atom stereocenters. The Balaban J connectivity index is 1.90. The Hall–Kier alpha value is -1.65. The van der Waals surface area contributed by atoms with E-state index in [4.69, 9.17) is 0 Å². The summed E-state index contributed by atoms with van der Waals surface area (Å²) in [5.74, 6) is 0. The summed E-state index contributed by atoms with van der Waals surface area (Å²) in [5.41, 5.74) is 2.41. The Morgan fingerprint density at radius 3 is 2.04 bits per heavy atom. The number of hydrogen-bond donors (Lipinski definition) is 0. The number of benzene rings is 2. The van der Waals surface area contributed by atoms with Gasteiger partial charge in [-0.1, -0.05) is 76.1 Å². The predicted octanol–water partition coefficient (Wildman–Crippen LogP) is 5.12. The standard InChI is InChI=1S/C22H29NO2S/c1-22(2,3)19-15-13-18(14-16-19)17-23(20-9-7-8-10-20)26(24,25)21-11-5-4-6-12-21/h4-6,11-16,20H,7-10,17H2,1-3H3. The highest BCUT2D eigenvalue weighted by Gasteiger charge is 2.33. The molecular weight excluding hydrogens is 342 g/mol. The van der Waals surface area contributed by atoms with Gasteiger partial charge in [-0.3, -0.25) is 0 Å². The SMILES string of the molecule is CC(C)(C)c1ccc(CN(C2CCCC2)S(=O)(=O)c2ccccc2)cc1. The van der Waals surface area contributed by atoms with Crippen LogP contribution in [0.3, 0.4) is 0 Å². The van der Waals surface area contributed by atoms with Crippen LogP contribution in [0.1, 0.15) is 57.6 Å². The van der Waals surface area contributed by atoms with E-state index in [9.17, 15) is 8.42 Å². The molecule has 4 heteroatoms. The van der Waals surface area contributed by atoms with Crippen LogP contribution in [0.15, 0.2) is 59.5 Å². The number of nitrogens with zero attached hydrogens (tertiary/aromatic N) is 1. The summed E-state index contributed by atoms with van der Waals surface area (Å²) >= 11 is 0. The zero-order chi connectivity index (χ0) is 18.8. The lowest BCUT2D eigenvalue weighted by Crippen LogP contribution is -2.38. The van der Waals surface area contributed by atoms with Crippen LogP contribution < -0.4 is 0 Å². The van der Waals surface area contributed by atoms with Crippen molar-refractivity contribution in [3.05, 3.63) is 65.7 Å². The van der Waals surface area contributed by atoms with E-state index in [1.807, 2.05) is 6.07 Å². The summed E-state index contributed by atoms with van der Waals surface area (Å²) in [5, 5.41) is 0. The maximum Gasteiger partial charge on any atom is 0.243 e. The van der Waals surface area contributed by atoms with Crippen molar-refractivity contribution in [2.75, 3.05) is 0 Å². The first-order valence-electron chi connectivity index (χ1n) is 9.45. The van der Waals surface area contributed by atoms with Gasteiger partial charge in [-0.15, -0.1) is 0 Å². The lowest BCUT2D eigenvalue weighted by atomic mass is 9.87. The van der Waals surface area contributed by atoms with E-state index in [1.165, 1.54) is 5.56 Å². The molecule has 1 aliphatic carbocycles. The lowest BCUT2D eigenvalue weighted by Gasteiger charge is -2.28. The van der Waals surface area contributed by atoms with Crippen molar-refractivity contribution in [3.8, 4) is 0 Å². The highest BCUT2D eigenvalue weighted by molar-refractivity contribution is 7.89. The minimum atomic E-state index is -3.49. The third-order valence-electron chi connectivity index (χ3n) is 5.24. The smallest absolute Gasteiger partial charge is 0.207 e. The van der Waals surface area contributed by atoms with Gasteiger partial charge in [0.25, 0.3) is 0 Å². The van der Waals surface area contributed by atoms with Crippen LogP contribution in [0.4, 0.5) is 0 Å². The largest absolute Gasteiger partial charge is 0.243 e. The van der Waals surface area contributed by atoms with Crippen molar-refractivity contribution >= 4 is 10.0 Å². The van der Waals surface area contributed by atoms with E-state index < -0.39 is 10.0 Å². The first-order chi connectivity index (χ1) is 12.3. The highest BCUT2D eigenvalue weighted by Crippen LogP contribution is 2.31. The van der Waals surface area contributed by atoms with Gasteiger partial charge in [0, 0.05) is 12.6 Å². The summed E-state index contributed by atoms with van der Waals surface area (Å²) in [6.07, 6.45) is 4.11. The van der Waals surface area contributed by atoms with Crippen molar-refractivity contribution < 1.29 is 8.42 Å². The maximum atomic E-state index is 13.3. The molecule has 1 aliphatic rings. The molecule has 3 rings (SSSR count). The Morgan fingerprint density at radius 2 is 1.50 bits per heavy atom. The van der Waals surface area contributed by atoms with Crippen LogP contribution in [0.25, 0.3) is 0 Å². The first-order valence-corrected chi connectivity index (χ1v) is 10.9. The molecule has 3 nitrogen and oxygen atoms in total. The van der Waals surface area contributed by atoms with Crippen LogP contribution in [0, 0.1) is 0 Å². The van der Waals surface area contributed by atoms with Crippen LogP contribution in [0.5, 0.6) is 0 Å².